The second kappa shape index (κ2) is 14.7. The first-order valence-corrected chi connectivity index (χ1v) is 19.6. The minimum absolute atomic E-state index is 0. The maximum Gasteiger partial charge on any atom is 2.00 e. The SMILES string of the molecule is [2H]C(C)(C)c1cccc2c1[N+](c1cc(C(C)(C)C)cc(C(C)(C)C)c1)=C=[N+]2c1[c-]c(Oc2[c-]c3c(cc2)c2ccccc2n3-c2cc(C(C)(C)C)ccn2)ccc1.[Pt+2]. The number of hydrogen-bond acceptors (Lipinski definition) is 2. The van der Waals surface area contributed by atoms with E-state index in [1.807, 2.05) is 55.0 Å². The first kappa shape index (κ1) is 38.8. The van der Waals surface area contributed by atoms with Gasteiger partial charge in [-0.05, 0) is 67.0 Å². The van der Waals surface area contributed by atoms with Gasteiger partial charge in [0.2, 0.25) is 5.69 Å². The van der Waals surface area contributed by atoms with Gasteiger partial charge in [-0.2, -0.15) is 12.1 Å². The molecular formula is C51H52N4OPt+2. The van der Waals surface area contributed by atoms with Gasteiger partial charge in [0, 0.05) is 48.3 Å². The van der Waals surface area contributed by atoms with E-state index in [1.54, 1.807) is 0 Å². The summed E-state index contributed by atoms with van der Waals surface area (Å²) in [4.78, 5) is 4.83. The minimum atomic E-state index is -0.856. The molecule has 0 amide bonds. The third-order valence-electron chi connectivity index (χ3n) is 10.7. The Labute approximate surface area is 354 Å². The molecule has 5 aromatic carbocycles. The Morgan fingerprint density at radius 1 is 0.684 bits per heavy atom. The summed E-state index contributed by atoms with van der Waals surface area (Å²) in [7, 11) is 0. The molecule has 5 nitrogen and oxygen atoms in total. The predicted octanol–water partition coefficient (Wildman–Crippen LogP) is 13.4. The topological polar surface area (TPSA) is 33.1 Å². The molecule has 2 aromatic heterocycles. The summed E-state index contributed by atoms with van der Waals surface area (Å²) in [5, 5.41) is 2.21. The first-order chi connectivity index (χ1) is 26.8. The van der Waals surface area contributed by atoms with Crippen LogP contribution in [0.2, 0.25) is 0 Å². The van der Waals surface area contributed by atoms with Crippen molar-refractivity contribution in [3.8, 4) is 17.3 Å². The van der Waals surface area contributed by atoms with Crippen LogP contribution in [0.3, 0.4) is 0 Å². The molecule has 0 aliphatic carbocycles. The van der Waals surface area contributed by atoms with E-state index >= 15 is 0 Å². The average molecular weight is 933 g/mol. The Bertz CT molecular complexity index is 2770. The molecule has 7 aromatic rings. The normalized spacial score (nSPS) is 13.6. The van der Waals surface area contributed by atoms with E-state index in [0.717, 1.165) is 55.9 Å². The largest absolute Gasteiger partial charge is 2.00 e. The van der Waals surface area contributed by atoms with E-state index in [9.17, 15) is 1.37 Å². The molecule has 3 heterocycles. The van der Waals surface area contributed by atoms with Gasteiger partial charge in [-0.1, -0.05) is 135 Å². The van der Waals surface area contributed by atoms with E-state index in [1.165, 1.54) is 16.7 Å². The third kappa shape index (κ3) is 7.56. The molecule has 0 atom stereocenters. The van der Waals surface area contributed by atoms with Crippen LogP contribution in [-0.4, -0.2) is 15.6 Å². The number of rotatable bonds is 6. The van der Waals surface area contributed by atoms with E-state index in [0.29, 0.717) is 11.5 Å². The van der Waals surface area contributed by atoms with E-state index in [2.05, 4.69) is 162 Å². The zero-order valence-electron chi connectivity index (χ0n) is 35.9. The Hall–Kier alpha value is -5.08. The van der Waals surface area contributed by atoms with Crippen LogP contribution < -0.4 is 13.9 Å². The van der Waals surface area contributed by atoms with Crippen molar-refractivity contribution in [3.05, 3.63) is 144 Å². The number of para-hydroxylation sites is 2. The maximum absolute atomic E-state index is 9.20. The molecule has 8 rings (SSSR count). The quantitative estimate of drug-likeness (QED) is 0.123. The summed E-state index contributed by atoms with van der Waals surface area (Å²) in [5.41, 5.74) is 10.1. The molecule has 1 aliphatic heterocycles. The summed E-state index contributed by atoms with van der Waals surface area (Å²) in [6.45, 7) is 24.1. The number of pyridine rings is 1. The molecule has 0 fully saturated rings. The van der Waals surface area contributed by atoms with Gasteiger partial charge in [-0.25, -0.2) is 4.98 Å². The van der Waals surface area contributed by atoms with Crippen molar-refractivity contribution in [2.24, 2.45) is 0 Å². The number of ether oxygens (including phenoxy) is 1. The van der Waals surface area contributed by atoms with Crippen molar-refractivity contribution in [2.75, 3.05) is 0 Å². The van der Waals surface area contributed by atoms with Crippen molar-refractivity contribution in [1.29, 1.82) is 0 Å². The molecule has 1 aliphatic rings. The van der Waals surface area contributed by atoms with Gasteiger partial charge in [0.15, 0.2) is 0 Å². The fourth-order valence-electron chi connectivity index (χ4n) is 7.45. The third-order valence-corrected chi connectivity index (χ3v) is 10.7. The number of nitrogens with zero attached hydrogens (tertiary/aromatic N) is 4. The molecule has 6 heteroatoms. The molecule has 0 saturated carbocycles. The number of benzene rings is 5. The van der Waals surface area contributed by atoms with Crippen LogP contribution in [-0.2, 0) is 37.3 Å². The van der Waals surface area contributed by atoms with Crippen molar-refractivity contribution in [1.82, 2.24) is 18.7 Å². The predicted molar refractivity (Wildman–Crippen MR) is 234 cm³/mol. The number of fused-ring (bicyclic) bond motifs is 4. The molecule has 57 heavy (non-hydrogen) atoms. The van der Waals surface area contributed by atoms with Crippen LogP contribution in [0.5, 0.6) is 11.5 Å². The summed E-state index contributed by atoms with van der Waals surface area (Å²) in [6, 6.07) is 46.6. The Kier molecular flexibility index (Phi) is 10.00. The van der Waals surface area contributed by atoms with Crippen LogP contribution >= 0.6 is 0 Å². The maximum atomic E-state index is 9.20. The molecular weight excluding hydrogens is 880 g/mol. The Balaban J connectivity index is 0.00000512. The van der Waals surface area contributed by atoms with Crippen molar-refractivity contribution >= 4 is 50.6 Å². The van der Waals surface area contributed by atoms with Gasteiger partial charge >= 0.3 is 32.8 Å². The van der Waals surface area contributed by atoms with Gasteiger partial charge in [0.25, 0.3) is 5.69 Å². The number of aromatic nitrogens is 2. The summed E-state index contributed by atoms with van der Waals surface area (Å²) in [6.07, 6.45) is 1.89. The smallest absolute Gasteiger partial charge is 0.509 e. The minimum Gasteiger partial charge on any atom is -0.509 e. The van der Waals surface area contributed by atoms with Crippen LogP contribution in [0.25, 0.3) is 27.6 Å². The average Bonchev–Trinajstić information content (AvgIpc) is 3.70. The van der Waals surface area contributed by atoms with Crippen molar-refractivity contribution in [3.63, 3.8) is 0 Å². The molecule has 0 bridgehead atoms. The van der Waals surface area contributed by atoms with Gasteiger partial charge in [-0.3, -0.25) is 0 Å². The van der Waals surface area contributed by atoms with Gasteiger partial charge in [0.05, 0.1) is 0 Å². The van der Waals surface area contributed by atoms with E-state index in [-0.39, 0.29) is 37.3 Å². The van der Waals surface area contributed by atoms with Crippen LogP contribution in [0, 0.1) is 12.1 Å². The molecule has 0 N–H and O–H groups in total. The standard InChI is InChI=1S/C51H52N4O.Pt/c1-33(2)41-19-15-21-45-48(41)54(38-27-35(50(6,7)8)26-36(28-38)51(9,10)11)32-53(45)37-16-14-17-39(30-37)56-40-22-23-43-42-18-12-13-20-44(42)55(46(43)31-40)47-29-34(24-25-52-47)49(3,4)5;/h12-29,33H,1-11H3;/q;+2/i33D;. The second-order valence-corrected chi connectivity index (χ2v) is 18.3. The Morgan fingerprint density at radius 2 is 1.35 bits per heavy atom. The molecule has 0 spiro atoms. The fourth-order valence-corrected chi connectivity index (χ4v) is 7.45. The Morgan fingerprint density at radius 3 is 2.04 bits per heavy atom. The second-order valence-electron chi connectivity index (χ2n) is 18.3. The first-order valence-electron chi connectivity index (χ1n) is 20.1. The van der Waals surface area contributed by atoms with Crippen LogP contribution in [0.15, 0.2) is 109 Å². The number of hydrogen-bond donors (Lipinski definition) is 0. The monoisotopic (exact) mass is 932 g/mol. The summed E-state index contributed by atoms with van der Waals surface area (Å²) >= 11 is 0. The van der Waals surface area contributed by atoms with Gasteiger partial charge in [-0.15, -0.1) is 23.6 Å². The summed E-state index contributed by atoms with van der Waals surface area (Å²) < 4.78 is 22.1. The summed E-state index contributed by atoms with van der Waals surface area (Å²) in [5.74, 6) is 1.12. The molecule has 0 unspecified atom stereocenters. The molecule has 0 radical (unpaired) electrons. The van der Waals surface area contributed by atoms with E-state index < -0.39 is 5.89 Å². The zero-order valence-corrected chi connectivity index (χ0v) is 37.2. The van der Waals surface area contributed by atoms with Gasteiger partial charge < -0.3 is 9.30 Å². The molecule has 290 valence electrons. The van der Waals surface area contributed by atoms with Crippen molar-refractivity contribution in [2.45, 2.75) is 98.3 Å². The van der Waals surface area contributed by atoms with Crippen LogP contribution in [0.4, 0.5) is 22.7 Å². The molecule has 0 saturated heterocycles. The van der Waals surface area contributed by atoms with E-state index in [4.69, 9.17) is 9.72 Å². The van der Waals surface area contributed by atoms with Crippen LogP contribution in [0.1, 0.15) is 106 Å². The van der Waals surface area contributed by atoms with Crippen molar-refractivity contribution < 1.29 is 27.2 Å². The zero-order chi connectivity index (χ0) is 40.7. The van der Waals surface area contributed by atoms with Gasteiger partial charge in [0.1, 0.15) is 11.5 Å². The fraction of sp³-hybridized carbons (Fsp3) is 0.294.